The first-order chi connectivity index (χ1) is 18.3. The summed E-state index contributed by atoms with van der Waals surface area (Å²) >= 11 is 9.31. The fraction of sp³-hybridized carbons (Fsp3) is 0.179. The van der Waals surface area contributed by atoms with Gasteiger partial charge in [-0.15, -0.1) is 0 Å². The third kappa shape index (κ3) is 8.26. The summed E-state index contributed by atoms with van der Waals surface area (Å²) in [6.07, 6.45) is 1.44. The lowest BCUT2D eigenvalue weighted by Gasteiger charge is -2.15. The summed E-state index contributed by atoms with van der Waals surface area (Å²) in [6, 6.07) is 18.8. The van der Waals surface area contributed by atoms with E-state index >= 15 is 0 Å². The van der Waals surface area contributed by atoms with E-state index in [2.05, 4.69) is 26.6 Å². The zero-order chi connectivity index (χ0) is 27.5. The Morgan fingerprint density at radius 3 is 2.21 bits per heavy atom. The molecule has 0 radical (unpaired) electrons. The quantitative estimate of drug-likeness (QED) is 0.194. The molecule has 0 aliphatic carbocycles. The topological polar surface area (TPSA) is 110 Å². The fourth-order valence-corrected chi connectivity index (χ4v) is 3.96. The molecular formula is C28H25BrClN3O5. The number of benzene rings is 3. The number of halogens is 2. The standard InChI is InChI=1S/C28H25BrClN3O5/c1-3-36-23-11-9-22(10-12-23)33-28(35)19(16-31)13-18-14-24(29)27(25(15-18)37-4-2)38-17-26(34)32-21-7-5-20(30)6-8-21/h5-15H,3-4,17H2,1-2H3,(H,32,34)(H,33,35)/b19-13+. The van der Waals surface area contributed by atoms with E-state index in [-0.39, 0.29) is 18.1 Å². The summed E-state index contributed by atoms with van der Waals surface area (Å²) in [5.74, 6) is 0.400. The maximum Gasteiger partial charge on any atom is 0.266 e. The van der Waals surface area contributed by atoms with Crippen LogP contribution in [0.3, 0.4) is 0 Å². The van der Waals surface area contributed by atoms with Crippen LogP contribution in [0.25, 0.3) is 6.08 Å². The normalized spacial score (nSPS) is 10.8. The number of carbonyl (C=O) groups excluding carboxylic acids is 2. The molecule has 8 nitrogen and oxygen atoms in total. The molecule has 0 saturated heterocycles. The number of hydrogen-bond donors (Lipinski definition) is 2. The molecule has 0 saturated carbocycles. The van der Waals surface area contributed by atoms with E-state index in [9.17, 15) is 14.9 Å². The van der Waals surface area contributed by atoms with E-state index in [1.807, 2.05) is 13.0 Å². The Hall–Kier alpha value is -4.00. The molecule has 0 bridgehead atoms. The second-order valence-electron chi connectivity index (χ2n) is 7.69. The van der Waals surface area contributed by atoms with Crippen molar-refractivity contribution in [2.45, 2.75) is 13.8 Å². The predicted octanol–water partition coefficient (Wildman–Crippen LogP) is 6.46. The van der Waals surface area contributed by atoms with E-state index < -0.39 is 5.91 Å². The molecule has 2 amide bonds. The molecule has 3 aromatic carbocycles. The Kier molecular flexibility index (Phi) is 10.6. The fourth-order valence-electron chi connectivity index (χ4n) is 3.26. The van der Waals surface area contributed by atoms with Crippen LogP contribution in [0, 0.1) is 11.3 Å². The number of hydrogen-bond acceptors (Lipinski definition) is 6. The van der Waals surface area contributed by atoms with Gasteiger partial charge in [-0.05, 0) is 102 Å². The molecule has 3 rings (SSSR count). The number of anilines is 2. The SMILES string of the molecule is CCOc1ccc(NC(=O)/C(C#N)=C/c2cc(Br)c(OCC(=O)Nc3ccc(Cl)cc3)c(OCC)c2)cc1. The second-order valence-corrected chi connectivity index (χ2v) is 8.98. The zero-order valence-electron chi connectivity index (χ0n) is 20.7. The lowest BCUT2D eigenvalue weighted by atomic mass is 10.1. The maximum absolute atomic E-state index is 12.7. The van der Waals surface area contributed by atoms with Gasteiger partial charge in [0.05, 0.1) is 17.7 Å². The van der Waals surface area contributed by atoms with Crippen molar-refractivity contribution in [3.05, 3.63) is 81.3 Å². The van der Waals surface area contributed by atoms with E-state index in [1.165, 1.54) is 6.08 Å². The van der Waals surface area contributed by atoms with Crippen LogP contribution in [0.4, 0.5) is 11.4 Å². The maximum atomic E-state index is 12.7. The van der Waals surface area contributed by atoms with E-state index in [0.717, 1.165) is 0 Å². The molecule has 3 aromatic rings. The average Bonchev–Trinajstić information content (AvgIpc) is 2.89. The van der Waals surface area contributed by atoms with Crippen LogP contribution in [0.5, 0.6) is 17.2 Å². The first kappa shape index (κ1) is 28.6. The van der Waals surface area contributed by atoms with Gasteiger partial charge in [-0.1, -0.05) is 11.6 Å². The summed E-state index contributed by atoms with van der Waals surface area (Å²) in [5, 5.41) is 15.6. The number of ether oxygens (including phenoxy) is 3. The van der Waals surface area contributed by atoms with Crippen LogP contribution < -0.4 is 24.8 Å². The van der Waals surface area contributed by atoms with Gasteiger partial charge in [0.1, 0.15) is 17.4 Å². The highest BCUT2D eigenvalue weighted by Crippen LogP contribution is 2.37. The number of nitriles is 1. The largest absolute Gasteiger partial charge is 0.494 e. The number of nitrogens with one attached hydrogen (secondary N) is 2. The van der Waals surface area contributed by atoms with Gasteiger partial charge in [-0.25, -0.2) is 0 Å². The second kappa shape index (κ2) is 14.1. The first-order valence-corrected chi connectivity index (χ1v) is 12.8. The highest BCUT2D eigenvalue weighted by molar-refractivity contribution is 9.10. The zero-order valence-corrected chi connectivity index (χ0v) is 23.1. The predicted molar refractivity (Wildman–Crippen MR) is 151 cm³/mol. The van der Waals surface area contributed by atoms with Gasteiger partial charge < -0.3 is 24.8 Å². The van der Waals surface area contributed by atoms with E-state index in [0.29, 0.717) is 56.9 Å². The van der Waals surface area contributed by atoms with Crippen LogP contribution in [0.15, 0.2) is 70.7 Å². The van der Waals surface area contributed by atoms with Crippen LogP contribution >= 0.6 is 27.5 Å². The van der Waals surface area contributed by atoms with Gasteiger partial charge in [0, 0.05) is 16.4 Å². The van der Waals surface area contributed by atoms with Gasteiger partial charge in [0.2, 0.25) is 0 Å². The summed E-state index contributed by atoms with van der Waals surface area (Å²) in [4.78, 5) is 25.1. The third-order valence-corrected chi connectivity index (χ3v) is 5.75. The Labute approximate surface area is 234 Å². The van der Waals surface area contributed by atoms with Crippen LogP contribution in [0.1, 0.15) is 19.4 Å². The monoisotopic (exact) mass is 597 g/mol. The van der Waals surface area contributed by atoms with Crippen molar-refractivity contribution in [2.24, 2.45) is 0 Å². The Bertz CT molecular complexity index is 1350. The van der Waals surface area contributed by atoms with Gasteiger partial charge in [0.15, 0.2) is 18.1 Å². The van der Waals surface area contributed by atoms with Crippen molar-refractivity contribution >= 4 is 56.8 Å². The molecule has 38 heavy (non-hydrogen) atoms. The molecule has 0 unspecified atom stereocenters. The molecule has 2 N–H and O–H groups in total. The summed E-state index contributed by atoms with van der Waals surface area (Å²) in [6.45, 7) is 4.28. The molecule has 10 heteroatoms. The average molecular weight is 599 g/mol. The van der Waals surface area contributed by atoms with Crippen molar-refractivity contribution in [3.63, 3.8) is 0 Å². The molecule has 0 aliphatic heterocycles. The molecule has 196 valence electrons. The Morgan fingerprint density at radius 1 is 0.947 bits per heavy atom. The van der Waals surface area contributed by atoms with Crippen LogP contribution in [0.2, 0.25) is 5.02 Å². The molecule has 0 aliphatic rings. The molecule has 0 atom stereocenters. The highest BCUT2D eigenvalue weighted by atomic mass is 79.9. The van der Waals surface area contributed by atoms with Crippen molar-refractivity contribution in [3.8, 4) is 23.3 Å². The lowest BCUT2D eigenvalue weighted by Crippen LogP contribution is -2.20. The molecule has 0 heterocycles. The van der Waals surface area contributed by atoms with Gasteiger partial charge in [-0.2, -0.15) is 5.26 Å². The number of nitrogens with zero attached hydrogens (tertiary/aromatic N) is 1. The lowest BCUT2D eigenvalue weighted by molar-refractivity contribution is -0.118. The smallest absolute Gasteiger partial charge is 0.266 e. The number of carbonyl (C=O) groups is 2. The minimum Gasteiger partial charge on any atom is -0.494 e. The third-order valence-electron chi connectivity index (χ3n) is 4.91. The Balaban J connectivity index is 1.74. The number of amides is 2. The van der Waals surface area contributed by atoms with Crippen molar-refractivity contribution < 1.29 is 23.8 Å². The molecule has 0 aromatic heterocycles. The van der Waals surface area contributed by atoms with Crippen molar-refractivity contribution in [1.29, 1.82) is 5.26 Å². The van der Waals surface area contributed by atoms with E-state index in [4.69, 9.17) is 25.8 Å². The summed E-state index contributed by atoms with van der Waals surface area (Å²) < 4.78 is 17.3. The summed E-state index contributed by atoms with van der Waals surface area (Å²) in [5.41, 5.74) is 1.53. The van der Waals surface area contributed by atoms with Crippen molar-refractivity contribution in [2.75, 3.05) is 30.5 Å². The van der Waals surface area contributed by atoms with Gasteiger partial charge in [-0.3, -0.25) is 9.59 Å². The van der Waals surface area contributed by atoms with Crippen LogP contribution in [-0.2, 0) is 9.59 Å². The van der Waals surface area contributed by atoms with Gasteiger partial charge in [0.25, 0.3) is 11.8 Å². The minimum atomic E-state index is -0.565. The molecule has 0 spiro atoms. The summed E-state index contributed by atoms with van der Waals surface area (Å²) in [7, 11) is 0. The van der Waals surface area contributed by atoms with Gasteiger partial charge >= 0.3 is 0 Å². The van der Waals surface area contributed by atoms with Crippen LogP contribution in [-0.4, -0.2) is 31.6 Å². The highest BCUT2D eigenvalue weighted by Gasteiger charge is 2.16. The molecule has 0 fully saturated rings. The first-order valence-electron chi connectivity index (χ1n) is 11.6. The minimum absolute atomic E-state index is 0.107. The Morgan fingerprint density at radius 2 is 1.58 bits per heavy atom. The van der Waals surface area contributed by atoms with Crippen molar-refractivity contribution in [1.82, 2.24) is 0 Å². The molecular weight excluding hydrogens is 574 g/mol. The van der Waals surface area contributed by atoms with E-state index in [1.54, 1.807) is 67.6 Å². The number of rotatable bonds is 11.